The third-order valence-electron chi connectivity index (χ3n) is 5.98. The fraction of sp³-hybridized carbons (Fsp3) is 0.478. The first-order valence-electron chi connectivity index (χ1n) is 11.0. The van der Waals surface area contributed by atoms with Crippen LogP contribution in [-0.4, -0.2) is 59.1 Å². The molecule has 0 amide bonds. The Morgan fingerprint density at radius 1 is 1.23 bits per heavy atom. The summed E-state index contributed by atoms with van der Waals surface area (Å²) >= 11 is 7.75. The number of nitrogens with zero attached hydrogens (tertiary/aromatic N) is 4. The van der Waals surface area contributed by atoms with Gasteiger partial charge < -0.3 is 15.1 Å². The minimum absolute atomic E-state index is 0.000573. The largest absolute Gasteiger partial charge is 0.355 e. The Morgan fingerprint density at radius 3 is 2.68 bits per heavy atom. The summed E-state index contributed by atoms with van der Waals surface area (Å²) in [7, 11) is 2.12. The molecular weight excluding hydrogens is 430 g/mol. The number of likely N-dealkylation sites (N-methyl/N-ethyl adjacent to an activating group) is 1. The van der Waals surface area contributed by atoms with Crippen molar-refractivity contribution in [1.29, 1.82) is 0 Å². The molecule has 1 aliphatic heterocycles. The van der Waals surface area contributed by atoms with Gasteiger partial charge in [-0.2, -0.15) is 0 Å². The number of aromatic nitrogens is 2. The molecule has 166 valence electrons. The average molecular weight is 460 g/mol. The second-order valence-corrected chi connectivity index (χ2v) is 9.55. The molecule has 2 aromatic heterocycles. The predicted molar refractivity (Wildman–Crippen MR) is 131 cm³/mol. The van der Waals surface area contributed by atoms with Crippen LogP contribution in [-0.2, 0) is 13.0 Å². The van der Waals surface area contributed by atoms with Crippen LogP contribution in [0.3, 0.4) is 0 Å². The Balaban J connectivity index is 1.73. The number of nitrogens with one attached hydrogen (secondary N) is 1. The zero-order valence-electron chi connectivity index (χ0n) is 18.4. The third kappa shape index (κ3) is 4.65. The van der Waals surface area contributed by atoms with E-state index in [-0.39, 0.29) is 5.56 Å². The van der Waals surface area contributed by atoms with E-state index < -0.39 is 0 Å². The number of anilines is 1. The number of fused-ring (bicyclic) bond motifs is 3. The van der Waals surface area contributed by atoms with Gasteiger partial charge in [0.2, 0.25) is 5.95 Å². The summed E-state index contributed by atoms with van der Waals surface area (Å²) < 4.78 is 1.71. The van der Waals surface area contributed by atoms with Gasteiger partial charge in [-0.15, -0.1) is 11.3 Å². The van der Waals surface area contributed by atoms with E-state index in [2.05, 4.69) is 36.0 Å². The highest BCUT2D eigenvalue weighted by Crippen LogP contribution is 2.33. The van der Waals surface area contributed by atoms with E-state index in [1.165, 1.54) is 10.4 Å². The van der Waals surface area contributed by atoms with Crippen LogP contribution in [0.5, 0.6) is 0 Å². The van der Waals surface area contributed by atoms with Gasteiger partial charge in [0, 0.05) is 29.5 Å². The fourth-order valence-corrected chi connectivity index (χ4v) is 5.58. The second kappa shape index (κ2) is 9.69. The molecule has 0 bridgehead atoms. The summed E-state index contributed by atoms with van der Waals surface area (Å²) in [6.45, 7) is 10.1. The maximum Gasteiger partial charge on any atom is 0.268 e. The van der Waals surface area contributed by atoms with Crippen molar-refractivity contribution in [2.75, 3.05) is 45.1 Å². The van der Waals surface area contributed by atoms with Gasteiger partial charge in [0.25, 0.3) is 5.56 Å². The van der Waals surface area contributed by atoms with Crippen LogP contribution in [0.2, 0.25) is 5.02 Å². The molecular formula is C23H30ClN5OS. The van der Waals surface area contributed by atoms with Gasteiger partial charge in [-0.3, -0.25) is 4.79 Å². The maximum atomic E-state index is 13.7. The van der Waals surface area contributed by atoms with Crippen LogP contribution in [0.4, 0.5) is 5.95 Å². The molecule has 0 radical (unpaired) electrons. The molecule has 0 saturated carbocycles. The summed E-state index contributed by atoms with van der Waals surface area (Å²) in [6.07, 6.45) is 1.88. The summed E-state index contributed by atoms with van der Waals surface area (Å²) in [4.78, 5) is 25.4. The summed E-state index contributed by atoms with van der Waals surface area (Å²) in [5, 5.41) is 4.86. The molecule has 0 fully saturated rings. The summed E-state index contributed by atoms with van der Waals surface area (Å²) in [5.74, 6) is 0.603. The lowest BCUT2D eigenvalue weighted by Gasteiger charge is -2.22. The Bertz CT molecular complexity index is 1100. The summed E-state index contributed by atoms with van der Waals surface area (Å²) in [6, 6.07) is 7.39. The molecule has 0 aliphatic carbocycles. The van der Waals surface area contributed by atoms with E-state index in [1.54, 1.807) is 15.9 Å². The van der Waals surface area contributed by atoms with E-state index in [1.807, 2.05) is 24.3 Å². The predicted octanol–water partition coefficient (Wildman–Crippen LogP) is 4.23. The molecule has 3 heterocycles. The van der Waals surface area contributed by atoms with Gasteiger partial charge in [-0.1, -0.05) is 25.4 Å². The van der Waals surface area contributed by atoms with Gasteiger partial charge in [-0.25, -0.2) is 9.55 Å². The van der Waals surface area contributed by atoms with Crippen molar-refractivity contribution >= 4 is 39.1 Å². The van der Waals surface area contributed by atoms with Gasteiger partial charge in [0.15, 0.2) is 0 Å². The molecule has 3 aromatic rings. The van der Waals surface area contributed by atoms with Crippen LogP contribution in [0.25, 0.3) is 15.9 Å². The highest BCUT2D eigenvalue weighted by atomic mass is 35.5. The number of benzene rings is 1. The smallest absolute Gasteiger partial charge is 0.268 e. The minimum atomic E-state index is 0.000573. The van der Waals surface area contributed by atoms with Crippen molar-refractivity contribution in [2.24, 2.45) is 0 Å². The molecule has 8 heteroatoms. The fourth-order valence-electron chi connectivity index (χ4n) is 4.16. The van der Waals surface area contributed by atoms with Gasteiger partial charge in [0.1, 0.15) is 4.83 Å². The zero-order chi connectivity index (χ0) is 22.0. The third-order valence-corrected chi connectivity index (χ3v) is 7.34. The van der Waals surface area contributed by atoms with Crippen molar-refractivity contribution < 1.29 is 0 Å². The minimum Gasteiger partial charge on any atom is -0.355 e. The van der Waals surface area contributed by atoms with E-state index in [9.17, 15) is 4.79 Å². The van der Waals surface area contributed by atoms with E-state index in [4.69, 9.17) is 16.6 Å². The van der Waals surface area contributed by atoms with Gasteiger partial charge >= 0.3 is 0 Å². The Morgan fingerprint density at radius 2 is 1.97 bits per heavy atom. The monoisotopic (exact) mass is 459 g/mol. The zero-order valence-corrected chi connectivity index (χ0v) is 20.0. The van der Waals surface area contributed by atoms with Crippen LogP contribution in [0.15, 0.2) is 29.1 Å². The lowest BCUT2D eigenvalue weighted by molar-refractivity contribution is 0.303. The normalized spacial score (nSPS) is 14.4. The van der Waals surface area contributed by atoms with Crippen LogP contribution in [0.1, 0.15) is 30.7 Å². The van der Waals surface area contributed by atoms with Crippen LogP contribution >= 0.6 is 22.9 Å². The number of thiophene rings is 1. The molecule has 1 aliphatic rings. The molecule has 0 saturated heterocycles. The number of hydrogen-bond donors (Lipinski definition) is 1. The Hall–Kier alpha value is -1.93. The molecule has 1 aromatic carbocycles. The van der Waals surface area contributed by atoms with Gasteiger partial charge in [-0.05, 0) is 69.4 Å². The van der Waals surface area contributed by atoms with Crippen molar-refractivity contribution in [2.45, 2.75) is 33.2 Å². The first-order chi connectivity index (χ1) is 15.0. The first-order valence-corrected chi connectivity index (χ1v) is 12.2. The quantitative estimate of drug-likeness (QED) is 0.511. The lowest BCUT2D eigenvalue weighted by atomic mass is 10.1. The number of rotatable bonds is 8. The molecule has 0 atom stereocenters. The highest BCUT2D eigenvalue weighted by Gasteiger charge is 2.24. The summed E-state index contributed by atoms with van der Waals surface area (Å²) in [5.41, 5.74) is 1.95. The average Bonchev–Trinajstić information content (AvgIpc) is 3.12. The van der Waals surface area contributed by atoms with Crippen molar-refractivity contribution in [3.63, 3.8) is 0 Å². The standard InChI is InChI=1S/C23H30ClN5OS/c1-4-28(5-2)13-6-12-25-23-26-21-20(18-11-14-27(3)15-19(18)31-21)22(30)29(23)17-9-7-16(24)8-10-17/h7-10H,4-6,11-15H2,1-3H3,(H,25,26). The molecule has 4 rings (SSSR count). The Kier molecular flexibility index (Phi) is 6.96. The molecule has 0 spiro atoms. The van der Waals surface area contributed by atoms with Gasteiger partial charge in [0.05, 0.1) is 11.1 Å². The van der Waals surface area contributed by atoms with Crippen molar-refractivity contribution in [1.82, 2.24) is 19.4 Å². The van der Waals surface area contributed by atoms with Crippen LogP contribution in [0, 0.1) is 0 Å². The molecule has 0 unspecified atom stereocenters. The first kappa shape index (κ1) is 22.3. The Labute approximate surface area is 192 Å². The van der Waals surface area contributed by atoms with E-state index in [0.717, 1.165) is 68.0 Å². The molecule has 1 N–H and O–H groups in total. The molecule has 6 nitrogen and oxygen atoms in total. The SMILES string of the molecule is CCN(CC)CCCNc1nc2sc3c(c2c(=O)n1-c1ccc(Cl)cc1)CCN(C)C3. The van der Waals surface area contributed by atoms with E-state index >= 15 is 0 Å². The highest BCUT2D eigenvalue weighted by molar-refractivity contribution is 7.18. The van der Waals surface area contributed by atoms with Crippen LogP contribution < -0.4 is 10.9 Å². The van der Waals surface area contributed by atoms with Crippen molar-refractivity contribution in [3.8, 4) is 5.69 Å². The number of halogens is 1. The lowest BCUT2D eigenvalue weighted by Crippen LogP contribution is -2.28. The second-order valence-electron chi connectivity index (χ2n) is 8.03. The maximum absolute atomic E-state index is 13.7. The number of hydrogen-bond acceptors (Lipinski definition) is 6. The van der Waals surface area contributed by atoms with Crippen molar-refractivity contribution in [3.05, 3.63) is 50.1 Å². The molecule has 31 heavy (non-hydrogen) atoms. The van der Waals surface area contributed by atoms with E-state index in [0.29, 0.717) is 11.0 Å². The topological polar surface area (TPSA) is 53.4 Å².